The van der Waals surface area contributed by atoms with Gasteiger partial charge in [-0.2, -0.15) is 0 Å². The Hall–Kier alpha value is -1.000. The molecule has 0 spiro atoms. The van der Waals surface area contributed by atoms with Crippen molar-refractivity contribution in [2.75, 3.05) is 5.75 Å². The molecular formula is C14H13NOS2. The molecule has 2 aliphatic rings. The van der Waals surface area contributed by atoms with Crippen molar-refractivity contribution in [3.63, 3.8) is 0 Å². The fourth-order valence-corrected chi connectivity index (χ4v) is 4.18. The molecule has 2 heterocycles. The van der Waals surface area contributed by atoms with Crippen LogP contribution in [0.3, 0.4) is 0 Å². The highest BCUT2D eigenvalue weighted by Crippen LogP contribution is 2.44. The van der Waals surface area contributed by atoms with Crippen LogP contribution in [0.2, 0.25) is 0 Å². The van der Waals surface area contributed by atoms with Crippen LogP contribution >= 0.6 is 23.1 Å². The van der Waals surface area contributed by atoms with Crippen LogP contribution in [-0.4, -0.2) is 10.7 Å². The number of para-hydroxylation sites is 1. The van der Waals surface area contributed by atoms with E-state index in [1.54, 1.807) is 11.3 Å². The third-order valence-electron chi connectivity index (χ3n) is 3.32. The maximum atomic E-state index is 6.06. The van der Waals surface area contributed by atoms with Crippen molar-refractivity contribution in [1.82, 2.24) is 4.98 Å². The predicted octanol–water partition coefficient (Wildman–Crippen LogP) is 4.25. The van der Waals surface area contributed by atoms with E-state index in [-0.39, 0.29) is 6.10 Å². The Morgan fingerprint density at radius 3 is 3.00 bits per heavy atom. The van der Waals surface area contributed by atoms with Crippen LogP contribution in [0.4, 0.5) is 0 Å². The summed E-state index contributed by atoms with van der Waals surface area (Å²) in [5, 5.41) is 3.35. The Morgan fingerprint density at radius 1 is 1.22 bits per heavy atom. The SMILES string of the molecule is c1ccc2c(c1)OC(c1nc(C3CC3)cs1)CS2. The van der Waals surface area contributed by atoms with Crippen molar-refractivity contribution >= 4 is 23.1 Å². The highest BCUT2D eigenvalue weighted by molar-refractivity contribution is 7.99. The van der Waals surface area contributed by atoms with Gasteiger partial charge >= 0.3 is 0 Å². The molecule has 1 aliphatic heterocycles. The second kappa shape index (κ2) is 4.28. The van der Waals surface area contributed by atoms with Gasteiger partial charge in [-0.3, -0.25) is 0 Å². The highest BCUT2D eigenvalue weighted by Gasteiger charge is 2.29. The molecule has 4 rings (SSSR count). The summed E-state index contributed by atoms with van der Waals surface area (Å²) in [5.74, 6) is 2.70. The topological polar surface area (TPSA) is 22.1 Å². The van der Waals surface area contributed by atoms with E-state index in [1.807, 2.05) is 23.9 Å². The first kappa shape index (κ1) is 10.9. The van der Waals surface area contributed by atoms with Gasteiger partial charge in [0.25, 0.3) is 0 Å². The zero-order valence-corrected chi connectivity index (χ0v) is 11.5. The van der Waals surface area contributed by atoms with Gasteiger partial charge in [0.1, 0.15) is 10.8 Å². The Bertz CT molecular complexity index is 577. The number of ether oxygens (including phenoxy) is 1. The molecule has 2 nitrogen and oxygen atoms in total. The van der Waals surface area contributed by atoms with Gasteiger partial charge in [-0.25, -0.2) is 4.98 Å². The third-order valence-corrected chi connectivity index (χ3v) is 5.39. The van der Waals surface area contributed by atoms with E-state index >= 15 is 0 Å². The van der Waals surface area contributed by atoms with Gasteiger partial charge in [0.05, 0.1) is 5.69 Å². The average Bonchev–Trinajstić information content (AvgIpc) is 3.16. The summed E-state index contributed by atoms with van der Waals surface area (Å²) in [6.45, 7) is 0. The van der Waals surface area contributed by atoms with Crippen molar-refractivity contribution in [2.45, 2.75) is 29.8 Å². The molecule has 1 aromatic carbocycles. The molecule has 4 heteroatoms. The van der Waals surface area contributed by atoms with E-state index in [1.165, 1.54) is 23.4 Å². The molecule has 2 aromatic rings. The second-order valence-electron chi connectivity index (χ2n) is 4.75. The number of benzene rings is 1. The van der Waals surface area contributed by atoms with Crippen LogP contribution < -0.4 is 4.74 Å². The van der Waals surface area contributed by atoms with Gasteiger partial charge in [-0.05, 0) is 25.0 Å². The van der Waals surface area contributed by atoms with E-state index in [2.05, 4.69) is 17.5 Å². The number of thioether (sulfide) groups is 1. The number of nitrogens with zero attached hydrogens (tertiary/aromatic N) is 1. The number of hydrogen-bond donors (Lipinski definition) is 0. The number of rotatable bonds is 2. The number of hydrogen-bond acceptors (Lipinski definition) is 4. The third kappa shape index (κ3) is 1.93. The predicted molar refractivity (Wildman–Crippen MR) is 74.6 cm³/mol. The lowest BCUT2D eigenvalue weighted by Gasteiger charge is -2.23. The zero-order chi connectivity index (χ0) is 11.9. The number of aromatic nitrogens is 1. The molecule has 1 unspecified atom stereocenters. The van der Waals surface area contributed by atoms with E-state index < -0.39 is 0 Å². The molecular weight excluding hydrogens is 262 g/mol. The fraction of sp³-hybridized carbons (Fsp3) is 0.357. The largest absolute Gasteiger partial charge is 0.481 e. The number of fused-ring (bicyclic) bond motifs is 1. The van der Waals surface area contributed by atoms with Gasteiger partial charge in [0, 0.05) is 21.9 Å². The first-order chi connectivity index (χ1) is 8.90. The quantitative estimate of drug-likeness (QED) is 0.818. The summed E-state index contributed by atoms with van der Waals surface area (Å²) in [4.78, 5) is 5.99. The minimum Gasteiger partial charge on any atom is -0.481 e. The maximum Gasteiger partial charge on any atom is 0.159 e. The lowest BCUT2D eigenvalue weighted by Crippen LogP contribution is -2.14. The molecule has 1 fully saturated rings. The van der Waals surface area contributed by atoms with Crippen molar-refractivity contribution in [2.24, 2.45) is 0 Å². The van der Waals surface area contributed by atoms with Crippen molar-refractivity contribution < 1.29 is 4.74 Å². The van der Waals surface area contributed by atoms with Crippen LogP contribution in [-0.2, 0) is 0 Å². The normalized spacial score (nSPS) is 22.3. The monoisotopic (exact) mass is 275 g/mol. The second-order valence-corrected chi connectivity index (χ2v) is 6.70. The van der Waals surface area contributed by atoms with Gasteiger partial charge in [0.2, 0.25) is 0 Å². The average molecular weight is 275 g/mol. The zero-order valence-electron chi connectivity index (χ0n) is 9.83. The van der Waals surface area contributed by atoms with E-state index in [0.29, 0.717) is 0 Å². The molecule has 1 saturated carbocycles. The molecule has 0 bridgehead atoms. The molecule has 0 amide bonds. The Labute approximate surface area is 114 Å². The fourth-order valence-electron chi connectivity index (χ4n) is 2.16. The van der Waals surface area contributed by atoms with Gasteiger partial charge in [-0.1, -0.05) is 12.1 Å². The van der Waals surface area contributed by atoms with E-state index in [0.717, 1.165) is 22.4 Å². The maximum absolute atomic E-state index is 6.06. The molecule has 1 aromatic heterocycles. The molecule has 0 radical (unpaired) electrons. The van der Waals surface area contributed by atoms with Crippen LogP contribution in [0.5, 0.6) is 5.75 Å². The van der Waals surface area contributed by atoms with Crippen LogP contribution in [0.15, 0.2) is 34.5 Å². The van der Waals surface area contributed by atoms with Crippen molar-refractivity contribution in [3.05, 3.63) is 40.3 Å². The molecule has 92 valence electrons. The van der Waals surface area contributed by atoms with E-state index in [4.69, 9.17) is 9.72 Å². The number of thiazole rings is 1. The minimum atomic E-state index is 0.127. The summed E-state index contributed by atoms with van der Waals surface area (Å²) < 4.78 is 6.06. The highest BCUT2D eigenvalue weighted by atomic mass is 32.2. The summed E-state index contributed by atoms with van der Waals surface area (Å²) >= 11 is 3.62. The lowest BCUT2D eigenvalue weighted by molar-refractivity contribution is 0.219. The van der Waals surface area contributed by atoms with Crippen LogP contribution in [0.25, 0.3) is 0 Å². The van der Waals surface area contributed by atoms with E-state index in [9.17, 15) is 0 Å². The lowest BCUT2D eigenvalue weighted by atomic mass is 10.3. The minimum absolute atomic E-state index is 0.127. The smallest absolute Gasteiger partial charge is 0.159 e. The molecule has 0 N–H and O–H groups in total. The standard InChI is InChI=1S/C14H13NOS2/c1-2-4-13-11(3-1)16-12(8-17-13)14-15-10(7-18-14)9-5-6-9/h1-4,7,9,12H,5-6,8H2. The first-order valence-corrected chi connectivity index (χ1v) is 8.10. The van der Waals surface area contributed by atoms with Gasteiger partial charge in [0.15, 0.2) is 6.10 Å². The van der Waals surface area contributed by atoms with Crippen LogP contribution in [0, 0.1) is 0 Å². The van der Waals surface area contributed by atoms with Gasteiger partial charge in [-0.15, -0.1) is 23.1 Å². The summed E-state index contributed by atoms with van der Waals surface area (Å²) in [5.41, 5.74) is 1.28. The Morgan fingerprint density at radius 2 is 2.11 bits per heavy atom. The molecule has 1 aliphatic carbocycles. The Kier molecular flexibility index (Phi) is 2.59. The molecule has 1 atom stereocenters. The van der Waals surface area contributed by atoms with Crippen molar-refractivity contribution in [3.8, 4) is 5.75 Å². The first-order valence-electron chi connectivity index (χ1n) is 6.24. The summed E-state index contributed by atoms with van der Waals surface area (Å²) in [6, 6.07) is 8.25. The van der Waals surface area contributed by atoms with Crippen molar-refractivity contribution in [1.29, 1.82) is 0 Å². The van der Waals surface area contributed by atoms with Crippen LogP contribution in [0.1, 0.15) is 35.6 Å². The molecule has 0 saturated heterocycles. The Balaban J connectivity index is 1.59. The van der Waals surface area contributed by atoms with Gasteiger partial charge < -0.3 is 4.74 Å². The summed E-state index contributed by atoms with van der Waals surface area (Å²) in [6.07, 6.45) is 2.75. The summed E-state index contributed by atoms with van der Waals surface area (Å²) in [7, 11) is 0. The molecule has 18 heavy (non-hydrogen) atoms.